The summed E-state index contributed by atoms with van der Waals surface area (Å²) in [4.78, 5) is 2.06. The SMILES string of the molecule is CN(C)CCCC(O)(c1ccc(F)cc1)c1ccc(C(O)Br)cc1.Cl. The zero-order valence-corrected chi connectivity index (χ0v) is 16.7. The number of rotatable bonds is 7. The lowest BCUT2D eigenvalue weighted by molar-refractivity contribution is 0.0663. The fourth-order valence-corrected chi connectivity index (χ4v) is 3.05. The molecule has 0 saturated heterocycles. The standard InChI is InChI=1S/C19H23BrFNO2.ClH/c1-22(2)13-3-12-19(24,16-8-10-17(21)11-9-16)15-6-4-14(5-7-15)18(20)23;/h4-11,18,23-24H,3,12-13H2,1-2H3;1H. The van der Waals surface area contributed by atoms with Crippen molar-refractivity contribution in [3.63, 3.8) is 0 Å². The van der Waals surface area contributed by atoms with Gasteiger partial charge in [-0.05, 0) is 62.3 Å². The van der Waals surface area contributed by atoms with Crippen molar-refractivity contribution in [3.8, 4) is 0 Å². The van der Waals surface area contributed by atoms with Gasteiger partial charge in [0.1, 0.15) is 16.4 Å². The van der Waals surface area contributed by atoms with Crippen LogP contribution in [0.3, 0.4) is 0 Å². The van der Waals surface area contributed by atoms with E-state index in [0.717, 1.165) is 18.5 Å². The highest BCUT2D eigenvalue weighted by Crippen LogP contribution is 2.35. The van der Waals surface area contributed by atoms with E-state index in [9.17, 15) is 14.6 Å². The van der Waals surface area contributed by atoms with Gasteiger partial charge in [0.25, 0.3) is 0 Å². The summed E-state index contributed by atoms with van der Waals surface area (Å²) in [7, 11) is 3.98. The molecule has 2 aromatic rings. The van der Waals surface area contributed by atoms with Gasteiger partial charge >= 0.3 is 0 Å². The first-order valence-corrected chi connectivity index (χ1v) is 8.80. The second-order valence-corrected chi connectivity index (χ2v) is 7.10. The van der Waals surface area contributed by atoms with Gasteiger partial charge in [-0.1, -0.05) is 52.3 Å². The highest BCUT2D eigenvalue weighted by Gasteiger charge is 2.31. The van der Waals surface area contributed by atoms with Crippen LogP contribution in [-0.2, 0) is 5.60 Å². The van der Waals surface area contributed by atoms with E-state index in [1.807, 2.05) is 14.1 Å². The van der Waals surface area contributed by atoms with Crippen LogP contribution in [-0.4, -0.2) is 35.8 Å². The molecule has 2 unspecified atom stereocenters. The minimum atomic E-state index is -1.19. The number of benzene rings is 2. The van der Waals surface area contributed by atoms with Gasteiger partial charge in [0, 0.05) is 0 Å². The Morgan fingerprint density at radius 3 is 1.96 bits per heavy atom. The van der Waals surface area contributed by atoms with E-state index in [0.29, 0.717) is 17.5 Å². The molecule has 2 atom stereocenters. The molecular weight excluding hydrogens is 409 g/mol. The number of nitrogens with zero attached hydrogens (tertiary/aromatic N) is 1. The average molecular weight is 433 g/mol. The first-order chi connectivity index (χ1) is 11.3. The lowest BCUT2D eigenvalue weighted by atomic mass is 9.82. The Kier molecular flexibility index (Phi) is 8.51. The van der Waals surface area contributed by atoms with Gasteiger partial charge in [0.05, 0.1) is 0 Å². The van der Waals surface area contributed by atoms with E-state index in [2.05, 4.69) is 20.8 Å². The Morgan fingerprint density at radius 1 is 1.04 bits per heavy atom. The molecule has 3 nitrogen and oxygen atoms in total. The smallest absolute Gasteiger partial charge is 0.134 e. The van der Waals surface area contributed by atoms with Crippen molar-refractivity contribution in [2.75, 3.05) is 20.6 Å². The Hall–Kier alpha value is -0.980. The van der Waals surface area contributed by atoms with Gasteiger partial charge in [-0.3, -0.25) is 0 Å². The van der Waals surface area contributed by atoms with Gasteiger partial charge in [-0.25, -0.2) is 4.39 Å². The third kappa shape index (κ3) is 5.76. The van der Waals surface area contributed by atoms with E-state index in [1.54, 1.807) is 36.4 Å². The maximum Gasteiger partial charge on any atom is 0.134 e. The molecule has 0 bridgehead atoms. The molecule has 0 aliphatic carbocycles. The van der Waals surface area contributed by atoms with E-state index in [4.69, 9.17) is 0 Å². The minimum absolute atomic E-state index is 0. The number of hydrogen-bond acceptors (Lipinski definition) is 3. The summed E-state index contributed by atoms with van der Waals surface area (Å²) >= 11 is 3.11. The molecule has 0 amide bonds. The van der Waals surface area contributed by atoms with Crippen LogP contribution >= 0.6 is 28.3 Å². The second-order valence-electron chi connectivity index (χ2n) is 6.23. The summed E-state index contributed by atoms with van der Waals surface area (Å²) in [6, 6.07) is 13.1. The number of halogens is 3. The van der Waals surface area contributed by atoms with E-state index in [-0.39, 0.29) is 18.2 Å². The maximum absolute atomic E-state index is 13.3. The van der Waals surface area contributed by atoms with Crippen LogP contribution < -0.4 is 0 Å². The molecule has 2 rings (SSSR count). The first-order valence-electron chi connectivity index (χ1n) is 7.88. The molecule has 25 heavy (non-hydrogen) atoms. The molecule has 138 valence electrons. The monoisotopic (exact) mass is 431 g/mol. The summed E-state index contributed by atoms with van der Waals surface area (Å²) in [5.41, 5.74) is 0.910. The second kappa shape index (κ2) is 9.64. The summed E-state index contributed by atoms with van der Waals surface area (Å²) in [6.07, 6.45) is 1.32. The summed E-state index contributed by atoms with van der Waals surface area (Å²) in [5.74, 6) is -0.327. The van der Waals surface area contributed by atoms with Gasteiger partial charge in [0.15, 0.2) is 0 Å². The molecule has 0 aliphatic heterocycles. The number of aliphatic hydroxyl groups is 2. The third-order valence-electron chi connectivity index (χ3n) is 4.13. The van der Waals surface area contributed by atoms with E-state index in [1.165, 1.54) is 12.1 Å². The van der Waals surface area contributed by atoms with Crippen LogP contribution in [0.25, 0.3) is 0 Å². The Balaban J connectivity index is 0.00000312. The summed E-state index contributed by atoms with van der Waals surface area (Å²) in [5, 5.41) is 20.2. The maximum atomic E-state index is 13.3. The largest absolute Gasteiger partial charge is 0.380 e. The molecule has 0 saturated carbocycles. The Bertz CT molecular complexity index is 649. The molecule has 0 spiro atoms. The van der Waals surface area contributed by atoms with Crippen molar-refractivity contribution in [1.29, 1.82) is 0 Å². The summed E-state index contributed by atoms with van der Waals surface area (Å²) < 4.78 is 13.3. The molecule has 0 heterocycles. The lowest BCUT2D eigenvalue weighted by Crippen LogP contribution is -2.29. The van der Waals surface area contributed by atoms with Crippen LogP contribution in [0.2, 0.25) is 0 Å². The highest BCUT2D eigenvalue weighted by atomic mass is 79.9. The molecular formula is C19H24BrClFNO2. The molecule has 6 heteroatoms. The Morgan fingerprint density at radius 2 is 1.52 bits per heavy atom. The van der Waals surface area contributed by atoms with Crippen molar-refractivity contribution < 1.29 is 14.6 Å². The number of hydrogen-bond donors (Lipinski definition) is 2. The van der Waals surface area contributed by atoms with Crippen molar-refractivity contribution in [2.24, 2.45) is 0 Å². The van der Waals surface area contributed by atoms with Crippen LogP contribution in [0.15, 0.2) is 48.5 Å². The average Bonchev–Trinajstić information content (AvgIpc) is 2.55. The number of alkyl halides is 1. The molecule has 2 aromatic carbocycles. The number of aliphatic hydroxyl groups excluding tert-OH is 1. The van der Waals surface area contributed by atoms with Crippen molar-refractivity contribution in [1.82, 2.24) is 4.90 Å². The molecule has 0 aromatic heterocycles. The fraction of sp³-hybridized carbons (Fsp3) is 0.368. The quantitative estimate of drug-likeness (QED) is 0.644. The third-order valence-corrected chi connectivity index (χ3v) is 4.66. The van der Waals surface area contributed by atoms with E-state index >= 15 is 0 Å². The normalized spacial score (nSPS) is 14.7. The van der Waals surface area contributed by atoms with Gasteiger partial charge in [0.2, 0.25) is 0 Å². The van der Waals surface area contributed by atoms with Crippen molar-refractivity contribution >= 4 is 28.3 Å². The zero-order chi connectivity index (χ0) is 17.7. The van der Waals surface area contributed by atoms with Crippen LogP contribution in [0.1, 0.15) is 34.5 Å². The Labute approximate surface area is 163 Å². The predicted octanol–water partition coefficient (Wildman–Crippen LogP) is 4.21. The van der Waals surface area contributed by atoms with Gasteiger partial charge in [-0.15, -0.1) is 12.4 Å². The van der Waals surface area contributed by atoms with E-state index < -0.39 is 10.6 Å². The topological polar surface area (TPSA) is 43.7 Å². The molecule has 0 fully saturated rings. The predicted molar refractivity (Wildman–Crippen MR) is 105 cm³/mol. The van der Waals surface area contributed by atoms with Crippen LogP contribution in [0.5, 0.6) is 0 Å². The minimum Gasteiger partial charge on any atom is -0.380 e. The van der Waals surface area contributed by atoms with Gasteiger partial charge < -0.3 is 15.1 Å². The zero-order valence-electron chi connectivity index (χ0n) is 14.3. The van der Waals surface area contributed by atoms with Crippen molar-refractivity contribution in [3.05, 3.63) is 71.0 Å². The van der Waals surface area contributed by atoms with Crippen LogP contribution in [0.4, 0.5) is 4.39 Å². The molecule has 0 aliphatic rings. The fourth-order valence-electron chi connectivity index (χ4n) is 2.75. The summed E-state index contributed by atoms with van der Waals surface area (Å²) in [6.45, 7) is 0.849. The lowest BCUT2D eigenvalue weighted by Gasteiger charge is -2.30. The molecule has 2 N–H and O–H groups in total. The van der Waals surface area contributed by atoms with Crippen LogP contribution in [0, 0.1) is 5.82 Å². The molecule has 0 radical (unpaired) electrons. The highest BCUT2D eigenvalue weighted by molar-refractivity contribution is 9.09. The first kappa shape index (κ1) is 22.1. The van der Waals surface area contributed by atoms with Crippen molar-refractivity contribution in [2.45, 2.75) is 23.5 Å². The van der Waals surface area contributed by atoms with Gasteiger partial charge in [-0.2, -0.15) is 0 Å².